The molecule has 2 aromatic carbocycles. The minimum atomic E-state index is -0.238. The molecule has 0 radical (unpaired) electrons. The van der Waals surface area contributed by atoms with Crippen molar-refractivity contribution in [3.63, 3.8) is 0 Å². The van der Waals surface area contributed by atoms with Gasteiger partial charge in [-0.05, 0) is 65.9 Å². The Kier molecular flexibility index (Phi) is 5.16. The molecule has 0 atom stereocenters. The van der Waals surface area contributed by atoms with Crippen molar-refractivity contribution >= 4 is 33.6 Å². The van der Waals surface area contributed by atoms with Crippen molar-refractivity contribution in [2.75, 3.05) is 7.11 Å². The Labute approximate surface area is 197 Å². The number of nitrogens with zero attached hydrogens (tertiary/aromatic N) is 5. The number of ether oxygens (including phenoxy) is 1. The monoisotopic (exact) mass is 539 g/mol. The van der Waals surface area contributed by atoms with Gasteiger partial charge in [0, 0.05) is 27.9 Å². The van der Waals surface area contributed by atoms with Crippen LogP contribution >= 0.6 is 22.6 Å². The topological polar surface area (TPSA) is 57.8 Å². The molecule has 160 valence electrons. The van der Waals surface area contributed by atoms with E-state index in [0.717, 1.165) is 45.1 Å². The number of halogens is 2. The van der Waals surface area contributed by atoms with E-state index < -0.39 is 0 Å². The zero-order valence-corrected chi connectivity index (χ0v) is 19.8. The molecule has 6 nitrogen and oxygen atoms in total. The number of imidazole rings is 2. The van der Waals surface area contributed by atoms with E-state index in [0.29, 0.717) is 9.45 Å². The lowest BCUT2D eigenvalue weighted by Gasteiger charge is -2.10. The predicted molar refractivity (Wildman–Crippen MR) is 130 cm³/mol. The molecular formula is C24H19FIN5O. The highest BCUT2D eigenvalue weighted by molar-refractivity contribution is 14.1. The van der Waals surface area contributed by atoms with Gasteiger partial charge in [0.05, 0.1) is 35.9 Å². The van der Waals surface area contributed by atoms with Crippen LogP contribution in [-0.4, -0.2) is 31.2 Å². The highest BCUT2D eigenvalue weighted by Gasteiger charge is 2.17. The van der Waals surface area contributed by atoms with Gasteiger partial charge in [-0.15, -0.1) is 0 Å². The van der Waals surface area contributed by atoms with Gasteiger partial charge in [0.1, 0.15) is 17.3 Å². The number of benzene rings is 2. The van der Waals surface area contributed by atoms with Gasteiger partial charge in [0.15, 0.2) is 0 Å². The summed E-state index contributed by atoms with van der Waals surface area (Å²) < 4.78 is 23.8. The second-order valence-corrected chi connectivity index (χ2v) is 8.61. The first-order valence-electron chi connectivity index (χ1n) is 9.93. The van der Waals surface area contributed by atoms with E-state index in [4.69, 9.17) is 14.7 Å². The Morgan fingerprint density at radius 2 is 1.91 bits per heavy atom. The number of hydrogen-bond acceptors (Lipinski definition) is 4. The largest absolute Gasteiger partial charge is 0.479 e. The molecule has 0 unspecified atom stereocenters. The summed E-state index contributed by atoms with van der Waals surface area (Å²) in [6.07, 6.45) is 3.67. The first-order chi connectivity index (χ1) is 15.5. The average Bonchev–Trinajstić information content (AvgIpc) is 3.38. The van der Waals surface area contributed by atoms with Crippen molar-refractivity contribution in [2.45, 2.75) is 6.92 Å². The maximum atomic E-state index is 13.8. The van der Waals surface area contributed by atoms with Crippen LogP contribution in [0, 0.1) is 16.3 Å². The smallest absolute Gasteiger partial charge is 0.238 e. The summed E-state index contributed by atoms with van der Waals surface area (Å²) in [4.78, 5) is 14.0. The predicted octanol–water partition coefficient (Wildman–Crippen LogP) is 5.55. The zero-order chi connectivity index (χ0) is 22.4. The number of aryl methyl sites for hydroxylation is 2. The van der Waals surface area contributed by atoms with Crippen molar-refractivity contribution < 1.29 is 9.13 Å². The van der Waals surface area contributed by atoms with Crippen molar-refractivity contribution in [1.82, 2.24) is 24.1 Å². The molecule has 0 aliphatic carbocycles. The van der Waals surface area contributed by atoms with Crippen molar-refractivity contribution in [3.8, 4) is 34.2 Å². The Bertz CT molecular complexity index is 1470. The van der Waals surface area contributed by atoms with Gasteiger partial charge < -0.3 is 13.9 Å². The van der Waals surface area contributed by atoms with Crippen molar-refractivity contribution in [2.24, 2.45) is 7.05 Å². The molecule has 0 saturated carbocycles. The third kappa shape index (κ3) is 3.44. The van der Waals surface area contributed by atoms with E-state index in [1.165, 1.54) is 6.07 Å². The van der Waals surface area contributed by atoms with Gasteiger partial charge in [-0.25, -0.2) is 19.3 Å². The molecule has 8 heteroatoms. The third-order valence-electron chi connectivity index (χ3n) is 5.39. The standard InChI is InChI=1S/C24H19FIN5O/c1-14-12-31(13-27-14)21-10-9-19(28-24(21)32-3)16-5-4-6-20-22(16)29-23(30(20)2)15-7-8-17(25)18(26)11-15/h4-13H,1-3H3. The zero-order valence-electron chi connectivity index (χ0n) is 17.7. The van der Waals surface area contributed by atoms with Crippen LogP contribution in [0.5, 0.6) is 5.88 Å². The number of pyridine rings is 1. The molecule has 3 heterocycles. The lowest BCUT2D eigenvalue weighted by molar-refractivity contribution is 0.396. The summed E-state index contributed by atoms with van der Waals surface area (Å²) in [7, 11) is 3.57. The van der Waals surface area contributed by atoms with Crippen LogP contribution in [0.4, 0.5) is 4.39 Å². The van der Waals surface area contributed by atoms with Gasteiger partial charge in [-0.1, -0.05) is 12.1 Å². The fraction of sp³-hybridized carbons (Fsp3) is 0.125. The maximum absolute atomic E-state index is 13.8. The summed E-state index contributed by atoms with van der Waals surface area (Å²) in [6, 6.07) is 14.9. The van der Waals surface area contributed by atoms with E-state index in [-0.39, 0.29) is 5.82 Å². The number of fused-ring (bicyclic) bond motifs is 1. The summed E-state index contributed by atoms with van der Waals surface area (Å²) in [5, 5.41) is 0. The summed E-state index contributed by atoms with van der Waals surface area (Å²) >= 11 is 2.00. The molecule has 0 saturated heterocycles. The van der Waals surface area contributed by atoms with Gasteiger partial charge in [0.2, 0.25) is 5.88 Å². The number of rotatable bonds is 4. The summed E-state index contributed by atoms with van der Waals surface area (Å²) in [5.74, 6) is 1.03. The van der Waals surface area contributed by atoms with Crippen molar-refractivity contribution in [1.29, 1.82) is 0 Å². The van der Waals surface area contributed by atoms with Gasteiger partial charge >= 0.3 is 0 Å². The SMILES string of the molecule is COc1nc(-c2cccc3c2nc(-c2ccc(F)c(I)c2)n3C)ccc1-n1cnc(C)c1. The van der Waals surface area contributed by atoms with E-state index >= 15 is 0 Å². The fourth-order valence-corrected chi connectivity index (χ4v) is 4.31. The molecule has 0 aliphatic heterocycles. The van der Waals surface area contributed by atoms with Gasteiger partial charge in [0.25, 0.3) is 0 Å². The minimum Gasteiger partial charge on any atom is -0.479 e. The highest BCUT2D eigenvalue weighted by Crippen LogP contribution is 2.33. The van der Waals surface area contributed by atoms with E-state index in [1.807, 2.05) is 82.2 Å². The third-order valence-corrected chi connectivity index (χ3v) is 6.22. The lowest BCUT2D eigenvalue weighted by atomic mass is 10.1. The highest BCUT2D eigenvalue weighted by atomic mass is 127. The van der Waals surface area contributed by atoms with Crippen LogP contribution in [0.1, 0.15) is 5.69 Å². The van der Waals surface area contributed by atoms with Crippen LogP contribution in [0.25, 0.3) is 39.4 Å². The quantitative estimate of drug-likeness (QED) is 0.281. The molecule has 0 aliphatic rings. The fourth-order valence-electron chi connectivity index (χ4n) is 3.80. The van der Waals surface area contributed by atoms with Crippen LogP contribution in [0.3, 0.4) is 0 Å². The van der Waals surface area contributed by atoms with Crippen LogP contribution < -0.4 is 4.74 Å². The molecule has 5 aromatic rings. The number of hydrogen-bond donors (Lipinski definition) is 0. The molecule has 0 spiro atoms. The minimum absolute atomic E-state index is 0.238. The molecular weight excluding hydrogens is 520 g/mol. The summed E-state index contributed by atoms with van der Waals surface area (Å²) in [5.41, 5.74) is 6.03. The average molecular weight is 539 g/mol. The Balaban J connectivity index is 1.65. The first-order valence-corrected chi connectivity index (χ1v) is 11.0. The first kappa shape index (κ1) is 20.6. The Morgan fingerprint density at radius 3 is 2.62 bits per heavy atom. The molecule has 5 rings (SSSR count). The maximum Gasteiger partial charge on any atom is 0.238 e. The van der Waals surface area contributed by atoms with Gasteiger partial charge in [-0.3, -0.25) is 0 Å². The van der Waals surface area contributed by atoms with Crippen molar-refractivity contribution in [3.05, 3.63) is 76.1 Å². The molecule has 0 N–H and O–H groups in total. The molecule has 32 heavy (non-hydrogen) atoms. The van der Waals surface area contributed by atoms with E-state index in [2.05, 4.69) is 4.98 Å². The number of aromatic nitrogens is 5. The molecule has 0 bridgehead atoms. The summed E-state index contributed by atoms with van der Waals surface area (Å²) in [6.45, 7) is 1.94. The Hall–Kier alpha value is -3.27. The van der Waals surface area contributed by atoms with Crippen LogP contribution in [0.15, 0.2) is 61.1 Å². The number of para-hydroxylation sites is 1. The van der Waals surface area contributed by atoms with E-state index in [1.54, 1.807) is 25.6 Å². The van der Waals surface area contributed by atoms with Crippen LogP contribution in [-0.2, 0) is 7.05 Å². The van der Waals surface area contributed by atoms with E-state index in [9.17, 15) is 4.39 Å². The number of methoxy groups -OCH3 is 1. The van der Waals surface area contributed by atoms with Gasteiger partial charge in [-0.2, -0.15) is 0 Å². The Morgan fingerprint density at radius 1 is 1.06 bits per heavy atom. The molecule has 0 amide bonds. The lowest BCUT2D eigenvalue weighted by Crippen LogP contribution is -1.99. The second-order valence-electron chi connectivity index (χ2n) is 7.44. The second kappa shape index (κ2) is 8.01. The molecule has 3 aromatic heterocycles. The normalized spacial score (nSPS) is 11.3. The molecule has 0 fully saturated rings. The van der Waals surface area contributed by atoms with Crippen LogP contribution in [0.2, 0.25) is 0 Å².